The SMILES string of the molecule is Cc1ccc(C(O)CN2CCCCC2)s1. The zero-order chi connectivity index (χ0) is 10.7. The van der Waals surface area contributed by atoms with E-state index in [0.717, 1.165) is 24.5 Å². The van der Waals surface area contributed by atoms with E-state index in [9.17, 15) is 5.11 Å². The molecule has 1 N–H and O–H groups in total. The summed E-state index contributed by atoms with van der Waals surface area (Å²) >= 11 is 1.71. The van der Waals surface area contributed by atoms with E-state index < -0.39 is 0 Å². The maximum atomic E-state index is 10.1. The van der Waals surface area contributed by atoms with Crippen LogP contribution in [-0.2, 0) is 0 Å². The van der Waals surface area contributed by atoms with Gasteiger partial charge in [-0.25, -0.2) is 0 Å². The van der Waals surface area contributed by atoms with Gasteiger partial charge in [-0.15, -0.1) is 11.3 Å². The second-order valence-corrected chi connectivity index (χ2v) is 5.64. The van der Waals surface area contributed by atoms with Crippen molar-refractivity contribution in [2.24, 2.45) is 0 Å². The number of rotatable bonds is 3. The van der Waals surface area contributed by atoms with Crippen molar-refractivity contribution in [2.75, 3.05) is 19.6 Å². The molecule has 0 saturated carbocycles. The monoisotopic (exact) mass is 225 g/mol. The smallest absolute Gasteiger partial charge is 0.101 e. The summed E-state index contributed by atoms with van der Waals surface area (Å²) in [4.78, 5) is 4.77. The van der Waals surface area contributed by atoms with E-state index in [1.807, 2.05) is 0 Å². The molecule has 0 aromatic carbocycles. The quantitative estimate of drug-likeness (QED) is 0.854. The predicted molar refractivity (Wildman–Crippen MR) is 64.3 cm³/mol. The summed E-state index contributed by atoms with van der Waals surface area (Å²) < 4.78 is 0. The van der Waals surface area contributed by atoms with Crippen LogP contribution < -0.4 is 0 Å². The van der Waals surface area contributed by atoms with Gasteiger partial charge in [-0.2, -0.15) is 0 Å². The molecule has 0 spiro atoms. The second-order valence-electron chi connectivity index (χ2n) is 4.33. The summed E-state index contributed by atoms with van der Waals surface area (Å²) in [6, 6.07) is 4.13. The third-order valence-electron chi connectivity index (χ3n) is 2.97. The molecule has 0 bridgehead atoms. The molecule has 3 heteroatoms. The fourth-order valence-electron chi connectivity index (χ4n) is 2.11. The third kappa shape index (κ3) is 3.03. The second kappa shape index (κ2) is 5.10. The van der Waals surface area contributed by atoms with E-state index in [1.54, 1.807) is 11.3 Å². The minimum atomic E-state index is -0.290. The number of piperidine rings is 1. The van der Waals surface area contributed by atoms with Gasteiger partial charge in [-0.3, -0.25) is 0 Å². The Morgan fingerprint density at radius 1 is 1.33 bits per heavy atom. The molecule has 1 unspecified atom stereocenters. The lowest BCUT2D eigenvalue weighted by Gasteiger charge is -2.28. The van der Waals surface area contributed by atoms with Crippen LogP contribution in [0.1, 0.15) is 35.1 Å². The van der Waals surface area contributed by atoms with Gasteiger partial charge in [0.1, 0.15) is 6.10 Å². The highest BCUT2D eigenvalue weighted by Crippen LogP contribution is 2.24. The van der Waals surface area contributed by atoms with Crippen LogP contribution in [0.4, 0.5) is 0 Å². The molecule has 1 aliphatic rings. The Morgan fingerprint density at radius 3 is 2.67 bits per heavy atom. The highest BCUT2D eigenvalue weighted by molar-refractivity contribution is 7.12. The molecule has 1 aromatic heterocycles. The van der Waals surface area contributed by atoms with Crippen LogP contribution in [0.5, 0.6) is 0 Å². The Hall–Kier alpha value is -0.380. The van der Waals surface area contributed by atoms with Gasteiger partial charge in [-0.1, -0.05) is 6.42 Å². The Balaban J connectivity index is 1.88. The van der Waals surface area contributed by atoms with Crippen molar-refractivity contribution >= 4 is 11.3 Å². The summed E-state index contributed by atoms with van der Waals surface area (Å²) in [6.07, 6.45) is 3.64. The highest BCUT2D eigenvalue weighted by atomic mass is 32.1. The minimum Gasteiger partial charge on any atom is -0.386 e. The summed E-state index contributed by atoms with van der Waals surface area (Å²) in [5, 5.41) is 10.1. The topological polar surface area (TPSA) is 23.5 Å². The Labute approximate surface area is 95.5 Å². The molecular formula is C12H19NOS. The standard InChI is InChI=1S/C12H19NOS/c1-10-5-6-12(15-10)11(14)9-13-7-3-2-4-8-13/h5-6,11,14H,2-4,7-9H2,1H3. The van der Waals surface area contributed by atoms with Crippen LogP contribution in [0, 0.1) is 6.92 Å². The van der Waals surface area contributed by atoms with Crippen molar-refractivity contribution < 1.29 is 5.11 Å². The van der Waals surface area contributed by atoms with Crippen LogP contribution in [-0.4, -0.2) is 29.6 Å². The molecule has 1 fully saturated rings. The van der Waals surface area contributed by atoms with Gasteiger partial charge in [0.25, 0.3) is 0 Å². The first-order valence-electron chi connectivity index (χ1n) is 5.72. The van der Waals surface area contributed by atoms with E-state index in [2.05, 4.69) is 24.0 Å². The van der Waals surface area contributed by atoms with Crippen molar-refractivity contribution in [1.82, 2.24) is 4.90 Å². The van der Waals surface area contributed by atoms with Gasteiger partial charge < -0.3 is 10.0 Å². The summed E-state index contributed by atoms with van der Waals surface area (Å²) in [7, 11) is 0. The molecule has 1 saturated heterocycles. The van der Waals surface area contributed by atoms with Crippen molar-refractivity contribution in [2.45, 2.75) is 32.3 Å². The molecule has 84 valence electrons. The van der Waals surface area contributed by atoms with Crippen molar-refractivity contribution in [3.05, 3.63) is 21.9 Å². The zero-order valence-electron chi connectivity index (χ0n) is 9.28. The molecule has 2 rings (SSSR count). The van der Waals surface area contributed by atoms with Gasteiger partial charge in [0.15, 0.2) is 0 Å². The number of thiophene rings is 1. The molecule has 0 amide bonds. The highest BCUT2D eigenvalue weighted by Gasteiger charge is 2.16. The molecule has 2 heterocycles. The van der Waals surface area contributed by atoms with Crippen LogP contribution >= 0.6 is 11.3 Å². The summed E-state index contributed by atoms with van der Waals surface area (Å²) in [6.45, 7) is 5.20. The minimum absolute atomic E-state index is 0.290. The average Bonchev–Trinajstić information content (AvgIpc) is 2.66. The largest absolute Gasteiger partial charge is 0.386 e. The normalized spacial score (nSPS) is 20.4. The number of aryl methyl sites for hydroxylation is 1. The maximum absolute atomic E-state index is 10.1. The van der Waals surface area contributed by atoms with Gasteiger partial charge in [0, 0.05) is 16.3 Å². The molecule has 2 nitrogen and oxygen atoms in total. The lowest BCUT2D eigenvalue weighted by atomic mass is 10.1. The first kappa shape index (κ1) is 11.1. The fourth-order valence-corrected chi connectivity index (χ4v) is 2.96. The van der Waals surface area contributed by atoms with Crippen LogP contribution in [0.15, 0.2) is 12.1 Å². The number of aliphatic hydroxyl groups is 1. The molecular weight excluding hydrogens is 206 g/mol. The Bertz CT molecular complexity index is 304. The van der Waals surface area contributed by atoms with Crippen LogP contribution in [0.3, 0.4) is 0 Å². The van der Waals surface area contributed by atoms with E-state index >= 15 is 0 Å². The molecule has 0 radical (unpaired) electrons. The van der Waals surface area contributed by atoms with Crippen molar-refractivity contribution in [3.8, 4) is 0 Å². The van der Waals surface area contributed by atoms with Crippen molar-refractivity contribution in [3.63, 3.8) is 0 Å². The first-order valence-corrected chi connectivity index (χ1v) is 6.54. The molecule has 1 atom stereocenters. The predicted octanol–water partition coefficient (Wildman–Crippen LogP) is 2.58. The van der Waals surface area contributed by atoms with E-state index in [1.165, 1.54) is 24.1 Å². The third-order valence-corrected chi connectivity index (χ3v) is 4.07. The van der Waals surface area contributed by atoms with Gasteiger partial charge in [0.05, 0.1) is 0 Å². The van der Waals surface area contributed by atoms with Crippen molar-refractivity contribution in [1.29, 1.82) is 0 Å². The zero-order valence-corrected chi connectivity index (χ0v) is 10.1. The van der Waals surface area contributed by atoms with Gasteiger partial charge in [-0.05, 0) is 45.0 Å². The van der Waals surface area contributed by atoms with Gasteiger partial charge in [0.2, 0.25) is 0 Å². The summed E-state index contributed by atoms with van der Waals surface area (Å²) in [5.74, 6) is 0. The lowest BCUT2D eigenvalue weighted by molar-refractivity contribution is 0.104. The molecule has 0 aliphatic carbocycles. The number of aliphatic hydroxyl groups excluding tert-OH is 1. The molecule has 1 aromatic rings. The van der Waals surface area contributed by atoms with Gasteiger partial charge >= 0.3 is 0 Å². The lowest BCUT2D eigenvalue weighted by Crippen LogP contribution is -2.33. The van der Waals surface area contributed by atoms with Crippen LogP contribution in [0.2, 0.25) is 0 Å². The fraction of sp³-hybridized carbons (Fsp3) is 0.667. The molecule has 15 heavy (non-hydrogen) atoms. The van der Waals surface area contributed by atoms with E-state index in [-0.39, 0.29) is 6.10 Å². The first-order chi connectivity index (χ1) is 7.25. The number of nitrogens with zero attached hydrogens (tertiary/aromatic N) is 1. The van der Waals surface area contributed by atoms with E-state index in [4.69, 9.17) is 0 Å². The average molecular weight is 225 g/mol. The van der Waals surface area contributed by atoms with Crippen LogP contribution in [0.25, 0.3) is 0 Å². The Kier molecular flexibility index (Phi) is 3.78. The number of likely N-dealkylation sites (tertiary alicyclic amines) is 1. The number of β-amino-alcohol motifs (C(OH)–C–C–N with tert-alkyl or cyclic N) is 1. The molecule has 1 aliphatic heterocycles. The number of hydrogen-bond donors (Lipinski definition) is 1. The summed E-state index contributed by atoms with van der Waals surface area (Å²) in [5.41, 5.74) is 0. The Morgan fingerprint density at radius 2 is 2.07 bits per heavy atom. The maximum Gasteiger partial charge on any atom is 0.101 e. The number of hydrogen-bond acceptors (Lipinski definition) is 3. The van der Waals surface area contributed by atoms with E-state index in [0.29, 0.717) is 0 Å².